The molecule has 1 saturated carbocycles. The van der Waals surface area contributed by atoms with Gasteiger partial charge in [-0.05, 0) is 31.0 Å². The number of amides is 1. The third-order valence-electron chi connectivity index (χ3n) is 3.95. The second kappa shape index (κ2) is 5.13. The molecule has 1 aromatic heterocycles. The van der Waals surface area contributed by atoms with Crippen LogP contribution < -0.4 is 11.1 Å². The van der Waals surface area contributed by atoms with Gasteiger partial charge in [0, 0.05) is 23.5 Å². The molecule has 3 rings (SSSR count). The Morgan fingerprint density at radius 2 is 2.35 bits per heavy atom. The third kappa shape index (κ3) is 2.34. The summed E-state index contributed by atoms with van der Waals surface area (Å²) >= 11 is 0. The molecule has 20 heavy (non-hydrogen) atoms. The maximum Gasteiger partial charge on any atom is 0.272 e. The maximum atomic E-state index is 12.2. The number of H-pyrrole nitrogens is 1. The van der Waals surface area contributed by atoms with Crippen molar-refractivity contribution in [2.45, 2.75) is 25.4 Å². The van der Waals surface area contributed by atoms with E-state index >= 15 is 0 Å². The Labute approximate surface area is 116 Å². The van der Waals surface area contributed by atoms with Crippen LogP contribution in [0.25, 0.3) is 10.9 Å². The van der Waals surface area contributed by atoms with Gasteiger partial charge >= 0.3 is 0 Å². The van der Waals surface area contributed by atoms with Crippen LogP contribution in [0.3, 0.4) is 0 Å². The number of fused-ring (bicyclic) bond motifs is 1. The van der Waals surface area contributed by atoms with Crippen molar-refractivity contribution in [1.29, 1.82) is 0 Å². The molecule has 0 radical (unpaired) electrons. The van der Waals surface area contributed by atoms with Crippen molar-refractivity contribution in [3.8, 4) is 0 Å². The number of carbonyl (C=O) groups excluding carboxylic acids is 1. The summed E-state index contributed by atoms with van der Waals surface area (Å²) in [7, 11) is 0. The number of nitrogens with one attached hydrogen (secondary N) is 2. The van der Waals surface area contributed by atoms with Crippen LogP contribution in [0.15, 0.2) is 18.2 Å². The molecule has 2 atom stereocenters. The van der Waals surface area contributed by atoms with E-state index in [2.05, 4.69) is 15.5 Å². The molecule has 1 aliphatic carbocycles. The number of benzene rings is 1. The summed E-state index contributed by atoms with van der Waals surface area (Å²) in [6.45, 7) is 0.483. The number of hydrogen-bond donors (Lipinski definition) is 4. The zero-order valence-corrected chi connectivity index (χ0v) is 11.1. The number of aliphatic hydroxyl groups is 1. The van der Waals surface area contributed by atoms with Gasteiger partial charge in [-0.25, -0.2) is 0 Å². The zero-order chi connectivity index (χ0) is 14.1. The molecule has 2 aromatic rings. The van der Waals surface area contributed by atoms with Gasteiger partial charge in [-0.2, -0.15) is 5.10 Å². The molecule has 0 aliphatic heterocycles. The number of rotatable bonds is 3. The molecule has 1 amide bonds. The number of aromatic amines is 1. The Morgan fingerprint density at radius 1 is 1.50 bits per heavy atom. The molecule has 5 N–H and O–H groups in total. The Balaban J connectivity index is 1.74. The molecular weight excluding hydrogens is 256 g/mol. The highest BCUT2D eigenvalue weighted by Crippen LogP contribution is 2.25. The number of aliphatic hydroxyl groups excluding tert-OH is 1. The molecule has 1 fully saturated rings. The van der Waals surface area contributed by atoms with Crippen LogP contribution in [-0.2, 0) is 0 Å². The van der Waals surface area contributed by atoms with E-state index in [-0.39, 0.29) is 17.9 Å². The van der Waals surface area contributed by atoms with Crippen LogP contribution in [0.1, 0.15) is 29.8 Å². The summed E-state index contributed by atoms with van der Waals surface area (Å²) < 4.78 is 0. The fourth-order valence-corrected chi connectivity index (χ4v) is 2.77. The molecule has 2 unspecified atom stereocenters. The summed E-state index contributed by atoms with van der Waals surface area (Å²) in [5.41, 5.74) is 7.46. The third-order valence-corrected chi connectivity index (χ3v) is 3.95. The summed E-state index contributed by atoms with van der Waals surface area (Å²) in [6.07, 6.45) is 2.49. The highest BCUT2D eigenvalue weighted by molar-refractivity contribution is 6.05. The fourth-order valence-electron chi connectivity index (χ4n) is 2.77. The van der Waals surface area contributed by atoms with E-state index < -0.39 is 0 Å². The first-order valence-corrected chi connectivity index (χ1v) is 6.85. The van der Waals surface area contributed by atoms with E-state index in [1.807, 2.05) is 0 Å². The minimum absolute atomic E-state index is 0.147. The van der Waals surface area contributed by atoms with Crippen molar-refractivity contribution in [1.82, 2.24) is 15.5 Å². The first-order chi connectivity index (χ1) is 9.65. The van der Waals surface area contributed by atoms with Crippen molar-refractivity contribution < 1.29 is 9.90 Å². The number of hydrogen-bond acceptors (Lipinski definition) is 4. The van der Waals surface area contributed by atoms with Gasteiger partial charge in [0.15, 0.2) is 5.69 Å². The lowest BCUT2D eigenvalue weighted by atomic mass is 10.1. The van der Waals surface area contributed by atoms with Crippen molar-refractivity contribution in [2.75, 3.05) is 12.3 Å². The quantitative estimate of drug-likeness (QED) is 0.628. The van der Waals surface area contributed by atoms with E-state index in [4.69, 9.17) is 5.73 Å². The fraction of sp³-hybridized carbons (Fsp3) is 0.429. The van der Waals surface area contributed by atoms with E-state index in [9.17, 15) is 9.90 Å². The lowest BCUT2D eigenvalue weighted by Crippen LogP contribution is -2.32. The van der Waals surface area contributed by atoms with E-state index in [0.29, 0.717) is 17.9 Å². The summed E-state index contributed by atoms with van der Waals surface area (Å²) in [5, 5.41) is 20.2. The number of nitrogens with zero attached hydrogens (tertiary/aromatic N) is 1. The van der Waals surface area contributed by atoms with E-state index in [1.165, 1.54) is 0 Å². The minimum atomic E-state index is -0.304. The van der Waals surface area contributed by atoms with Gasteiger partial charge in [-0.3, -0.25) is 9.89 Å². The number of carbonyl (C=O) groups is 1. The van der Waals surface area contributed by atoms with Gasteiger partial charge in [0.2, 0.25) is 0 Å². The zero-order valence-electron chi connectivity index (χ0n) is 11.1. The Bertz CT molecular complexity index is 637. The summed E-state index contributed by atoms with van der Waals surface area (Å²) in [5.74, 6) is -0.0878. The molecule has 6 nitrogen and oxygen atoms in total. The monoisotopic (exact) mass is 274 g/mol. The number of anilines is 1. The van der Waals surface area contributed by atoms with Crippen molar-refractivity contribution in [2.24, 2.45) is 5.92 Å². The SMILES string of the molecule is Nc1ccc2[nH]nc(C(=O)NCC3CCCC3O)c2c1. The molecule has 106 valence electrons. The topological polar surface area (TPSA) is 104 Å². The second-order valence-corrected chi connectivity index (χ2v) is 5.35. The largest absolute Gasteiger partial charge is 0.399 e. The molecular formula is C14H18N4O2. The predicted octanol–water partition coefficient (Wildman–Crippen LogP) is 1.04. The van der Waals surface area contributed by atoms with Gasteiger partial charge in [0.05, 0.1) is 11.6 Å². The standard InChI is InChI=1S/C14H18N4O2/c15-9-4-5-11-10(6-9)13(18-17-11)14(20)16-7-8-2-1-3-12(8)19/h4-6,8,12,19H,1-3,7,15H2,(H,16,20)(H,17,18). The average Bonchev–Trinajstić information content (AvgIpc) is 3.02. The lowest BCUT2D eigenvalue weighted by Gasteiger charge is -2.14. The van der Waals surface area contributed by atoms with E-state index in [0.717, 1.165) is 30.2 Å². The van der Waals surface area contributed by atoms with Crippen molar-refractivity contribution >= 4 is 22.5 Å². The lowest BCUT2D eigenvalue weighted by molar-refractivity contribution is 0.0913. The molecule has 1 aromatic carbocycles. The number of nitrogens with two attached hydrogens (primary N) is 1. The first-order valence-electron chi connectivity index (χ1n) is 6.85. The van der Waals surface area contributed by atoms with Crippen molar-refractivity contribution in [3.63, 3.8) is 0 Å². The number of nitrogen functional groups attached to an aromatic ring is 1. The summed E-state index contributed by atoms with van der Waals surface area (Å²) in [6, 6.07) is 5.30. The van der Waals surface area contributed by atoms with Crippen LogP contribution in [-0.4, -0.2) is 33.9 Å². The normalized spacial score (nSPS) is 22.2. The predicted molar refractivity (Wildman–Crippen MR) is 76.2 cm³/mol. The van der Waals surface area contributed by atoms with Gasteiger partial charge in [-0.1, -0.05) is 6.42 Å². The second-order valence-electron chi connectivity index (χ2n) is 5.35. The van der Waals surface area contributed by atoms with Crippen LogP contribution in [0.2, 0.25) is 0 Å². The van der Waals surface area contributed by atoms with Gasteiger partial charge < -0.3 is 16.2 Å². The highest BCUT2D eigenvalue weighted by Gasteiger charge is 2.26. The molecule has 1 heterocycles. The van der Waals surface area contributed by atoms with Crippen LogP contribution in [0, 0.1) is 5.92 Å². The minimum Gasteiger partial charge on any atom is -0.399 e. The molecule has 0 saturated heterocycles. The van der Waals surface area contributed by atoms with Crippen LogP contribution in [0.4, 0.5) is 5.69 Å². The van der Waals surface area contributed by atoms with Gasteiger partial charge in [-0.15, -0.1) is 0 Å². The Hall–Kier alpha value is -2.08. The van der Waals surface area contributed by atoms with Gasteiger partial charge in [0.25, 0.3) is 5.91 Å². The molecule has 6 heteroatoms. The van der Waals surface area contributed by atoms with Crippen LogP contribution >= 0.6 is 0 Å². The first kappa shape index (κ1) is 12.9. The maximum absolute atomic E-state index is 12.2. The number of aromatic nitrogens is 2. The Morgan fingerprint density at radius 3 is 3.10 bits per heavy atom. The molecule has 0 spiro atoms. The van der Waals surface area contributed by atoms with Crippen LogP contribution in [0.5, 0.6) is 0 Å². The average molecular weight is 274 g/mol. The van der Waals surface area contributed by atoms with E-state index in [1.54, 1.807) is 18.2 Å². The van der Waals surface area contributed by atoms with Crippen molar-refractivity contribution in [3.05, 3.63) is 23.9 Å². The highest BCUT2D eigenvalue weighted by atomic mass is 16.3. The molecule has 0 bridgehead atoms. The molecule has 1 aliphatic rings. The van der Waals surface area contributed by atoms with Gasteiger partial charge in [0.1, 0.15) is 0 Å². The summed E-state index contributed by atoms with van der Waals surface area (Å²) in [4.78, 5) is 12.2. The smallest absolute Gasteiger partial charge is 0.272 e. The Kier molecular flexibility index (Phi) is 3.31.